The molecule has 0 aliphatic rings. The van der Waals surface area contributed by atoms with E-state index in [0.29, 0.717) is 16.8 Å². The standard InChI is InChI=1S/C23H23N3O4S/c1-15-5-4-6-20(21(15)26-22(27)18-11-13-24-14-12-18)23(28)25-16(2)17-7-9-19(10-8-17)31(3,29)30/h4-14,16H,1-3H3,(H,25,28)(H,26,27). The van der Waals surface area contributed by atoms with Crippen LogP contribution in [-0.2, 0) is 9.84 Å². The highest BCUT2D eigenvalue weighted by Crippen LogP contribution is 2.23. The molecule has 0 aliphatic heterocycles. The number of nitrogens with one attached hydrogen (secondary N) is 2. The lowest BCUT2D eigenvalue weighted by atomic mass is 10.0. The Hall–Kier alpha value is -3.52. The fourth-order valence-corrected chi connectivity index (χ4v) is 3.70. The maximum Gasteiger partial charge on any atom is 0.255 e. The topological polar surface area (TPSA) is 105 Å². The van der Waals surface area contributed by atoms with E-state index in [-0.39, 0.29) is 22.8 Å². The molecule has 31 heavy (non-hydrogen) atoms. The van der Waals surface area contributed by atoms with Crippen molar-refractivity contribution in [3.63, 3.8) is 0 Å². The van der Waals surface area contributed by atoms with Crippen molar-refractivity contribution in [2.24, 2.45) is 0 Å². The van der Waals surface area contributed by atoms with Crippen LogP contribution < -0.4 is 10.6 Å². The number of sulfone groups is 1. The number of para-hydroxylation sites is 1. The molecule has 1 aromatic heterocycles. The van der Waals surface area contributed by atoms with Gasteiger partial charge in [0.2, 0.25) is 0 Å². The van der Waals surface area contributed by atoms with Crippen molar-refractivity contribution in [1.82, 2.24) is 10.3 Å². The van der Waals surface area contributed by atoms with E-state index in [1.165, 1.54) is 24.5 Å². The van der Waals surface area contributed by atoms with Gasteiger partial charge in [0, 0.05) is 24.2 Å². The van der Waals surface area contributed by atoms with E-state index in [2.05, 4.69) is 15.6 Å². The van der Waals surface area contributed by atoms with Crippen molar-refractivity contribution < 1.29 is 18.0 Å². The summed E-state index contributed by atoms with van der Waals surface area (Å²) >= 11 is 0. The summed E-state index contributed by atoms with van der Waals surface area (Å²) in [5, 5.41) is 5.72. The smallest absolute Gasteiger partial charge is 0.255 e. The maximum absolute atomic E-state index is 13.0. The molecule has 2 N–H and O–H groups in total. The summed E-state index contributed by atoms with van der Waals surface area (Å²) in [6.45, 7) is 3.62. The summed E-state index contributed by atoms with van der Waals surface area (Å²) in [7, 11) is -3.29. The highest BCUT2D eigenvalue weighted by Gasteiger charge is 2.19. The molecule has 2 amide bonds. The van der Waals surface area contributed by atoms with E-state index < -0.39 is 9.84 Å². The predicted octanol–water partition coefficient (Wildman–Crippen LogP) is 3.54. The number of carbonyl (C=O) groups is 2. The van der Waals surface area contributed by atoms with Gasteiger partial charge in [-0.1, -0.05) is 24.3 Å². The third-order valence-corrected chi connectivity index (χ3v) is 5.98. The Morgan fingerprint density at radius 3 is 2.19 bits per heavy atom. The molecule has 0 bridgehead atoms. The first-order chi connectivity index (χ1) is 14.7. The Morgan fingerprint density at radius 1 is 0.935 bits per heavy atom. The van der Waals surface area contributed by atoms with E-state index in [0.717, 1.165) is 17.4 Å². The number of aromatic nitrogens is 1. The molecule has 1 unspecified atom stereocenters. The summed E-state index contributed by atoms with van der Waals surface area (Å²) in [6, 6.07) is 14.4. The second-order valence-electron chi connectivity index (χ2n) is 7.22. The minimum atomic E-state index is -3.29. The summed E-state index contributed by atoms with van der Waals surface area (Å²) < 4.78 is 23.3. The van der Waals surface area contributed by atoms with Crippen molar-refractivity contribution in [2.45, 2.75) is 24.8 Å². The average molecular weight is 438 g/mol. The molecule has 0 aliphatic carbocycles. The van der Waals surface area contributed by atoms with E-state index in [1.807, 2.05) is 13.0 Å². The minimum Gasteiger partial charge on any atom is -0.345 e. The molecule has 1 heterocycles. The molecule has 3 rings (SSSR count). The normalized spacial score (nSPS) is 12.1. The first kappa shape index (κ1) is 22.2. The van der Waals surface area contributed by atoms with Crippen molar-refractivity contribution in [3.05, 3.63) is 89.2 Å². The zero-order chi connectivity index (χ0) is 22.6. The monoisotopic (exact) mass is 437 g/mol. The number of amides is 2. The van der Waals surface area contributed by atoms with E-state index in [1.54, 1.807) is 43.3 Å². The first-order valence-corrected chi connectivity index (χ1v) is 11.5. The predicted molar refractivity (Wildman–Crippen MR) is 119 cm³/mol. The molecule has 3 aromatic rings. The molecule has 0 radical (unpaired) electrons. The van der Waals surface area contributed by atoms with Gasteiger partial charge >= 0.3 is 0 Å². The second-order valence-corrected chi connectivity index (χ2v) is 9.24. The van der Waals surface area contributed by atoms with Gasteiger partial charge in [0.1, 0.15) is 0 Å². The Bertz CT molecular complexity index is 1210. The Balaban J connectivity index is 1.80. The number of hydrogen-bond donors (Lipinski definition) is 2. The van der Waals surface area contributed by atoms with Crippen molar-refractivity contribution in [3.8, 4) is 0 Å². The van der Waals surface area contributed by atoms with Crippen LogP contribution in [0.2, 0.25) is 0 Å². The van der Waals surface area contributed by atoms with Crippen LogP contribution in [0, 0.1) is 6.92 Å². The molecule has 0 fully saturated rings. The largest absolute Gasteiger partial charge is 0.345 e. The average Bonchev–Trinajstić information content (AvgIpc) is 2.75. The molecular weight excluding hydrogens is 414 g/mol. The van der Waals surface area contributed by atoms with Gasteiger partial charge in [-0.25, -0.2) is 8.42 Å². The van der Waals surface area contributed by atoms with Crippen molar-refractivity contribution >= 4 is 27.3 Å². The molecule has 0 saturated heterocycles. The van der Waals surface area contributed by atoms with Crippen LogP contribution in [0.4, 0.5) is 5.69 Å². The number of pyridine rings is 1. The summed E-state index contributed by atoms with van der Waals surface area (Å²) in [5.74, 6) is -0.691. The van der Waals surface area contributed by atoms with E-state index in [4.69, 9.17) is 0 Å². The number of benzene rings is 2. The van der Waals surface area contributed by atoms with E-state index in [9.17, 15) is 18.0 Å². The lowest BCUT2D eigenvalue weighted by Gasteiger charge is -2.18. The van der Waals surface area contributed by atoms with Crippen LogP contribution in [0.3, 0.4) is 0 Å². The molecule has 1 atom stereocenters. The number of hydrogen-bond acceptors (Lipinski definition) is 5. The quantitative estimate of drug-likeness (QED) is 0.614. The van der Waals surface area contributed by atoms with Crippen LogP contribution in [0.15, 0.2) is 71.9 Å². The van der Waals surface area contributed by atoms with Gasteiger partial charge in [0.25, 0.3) is 11.8 Å². The van der Waals surface area contributed by atoms with Crippen LogP contribution in [0.5, 0.6) is 0 Å². The molecule has 160 valence electrons. The van der Waals surface area contributed by atoms with Gasteiger partial charge in [-0.15, -0.1) is 0 Å². The zero-order valence-corrected chi connectivity index (χ0v) is 18.2. The number of carbonyl (C=O) groups excluding carboxylic acids is 2. The first-order valence-electron chi connectivity index (χ1n) is 9.58. The van der Waals surface area contributed by atoms with Gasteiger partial charge < -0.3 is 10.6 Å². The van der Waals surface area contributed by atoms with Gasteiger partial charge in [-0.2, -0.15) is 0 Å². The van der Waals surface area contributed by atoms with Crippen LogP contribution in [0.25, 0.3) is 0 Å². The van der Waals surface area contributed by atoms with Gasteiger partial charge in [0.15, 0.2) is 9.84 Å². The van der Waals surface area contributed by atoms with Gasteiger partial charge in [0.05, 0.1) is 22.2 Å². The fraction of sp³-hybridized carbons (Fsp3) is 0.174. The number of anilines is 1. The highest BCUT2D eigenvalue weighted by atomic mass is 32.2. The lowest BCUT2D eigenvalue weighted by molar-refractivity contribution is 0.0940. The molecule has 7 nitrogen and oxygen atoms in total. The fourth-order valence-electron chi connectivity index (χ4n) is 3.07. The number of nitrogens with zero attached hydrogens (tertiary/aromatic N) is 1. The Morgan fingerprint density at radius 2 is 1.58 bits per heavy atom. The van der Waals surface area contributed by atoms with Crippen LogP contribution in [-0.4, -0.2) is 31.5 Å². The number of aryl methyl sites for hydroxylation is 1. The third kappa shape index (κ3) is 5.35. The molecule has 2 aromatic carbocycles. The zero-order valence-electron chi connectivity index (χ0n) is 17.4. The van der Waals surface area contributed by atoms with Gasteiger partial charge in [-0.05, 0) is 55.3 Å². The minimum absolute atomic E-state index is 0.217. The SMILES string of the molecule is Cc1cccc(C(=O)NC(C)c2ccc(S(C)(=O)=O)cc2)c1NC(=O)c1ccncc1. The number of rotatable bonds is 6. The Kier molecular flexibility index (Phi) is 6.50. The lowest BCUT2D eigenvalue weighted by Crippen LogP contribution is -2.28. The third-order valence-electron chi connectivity index (χ3n) is 4.85. The van der Waals surface area contributed by atoms with Crippen LogP contribution >= 0.6 is 0 Å². The molecule has 8 heteroatoms. The summed E-state index contributed by atoms with van der Waals surface area (Å²) in [5.41, 5.74) is 2.71. The maximum atomic E-state index is 13.0. The van der Waals surface area contributed by atoms with Crippen molar-refractivity contribution in [1.29, 1.82) is 0 Å². The summed E-state index contributed by atoms with van der Waals surface area (Å²) in [6.07, 6.45) is 4.20. The molecular formula is C23H23N3O4S. The van der Waals surface area contributed by atoms with Crippen molar-refractivity contribution in [2.75, 3.05) is 11.6 Å². The Labute approximate surface area is 181 Å². The summed E-state index contributed by atoms with van der Waals surface area (Å²) in [4.78, 5) is 29.7. The second kappa shape index (κ2) is 9.09. The highest BCUT2D eigenvalue weighted by molar-refractivity contribution is 7.90. The van der Waals surface area contributed by atoms with E-state index >= 15 is 0 Å². The van der Waals surface area contributed by atoms with Crippen LogP contribution in [0.1, 0.15) is 44.8 Å². The molecule has 0 spiro atoms. The van der Waals surface area contributed by atoms with Gasteiger partial charge in [-0.3, -0.25) is 14.6 Å². The molecule has 0 saturated carbocycles.